The Labute approximate surface area is 134 Å². The number of hydrazone groups is 1. The third-order valence-electron chi connectivity index (χ3n) is 3.37. The van der Waals surface area contributed by atoms with Crippen molar-refractivity contribution in [2.24, 2.45) is 5.10 Å². The second-order valence-electron chi connectivity index (χ2n) is 4.97. The number of amides is 1. The highest BCUT2D eigenvalue weighted by Gasteiger charge is 2.21. The lowest BCUT2D eigenvalue weighted by atomic mass is 10.1. The normalized spacial score (nSPS) is 12.2. The van der Waals surface area contributed by atoms with Crippen molar-refractivity contribution in [3.05, 3.63) is 90.5 Å². The first-order valence-electron chi connectivity index (χ1n) is 7.25. The smallest absolute Gasteiger partial charge is 0.267 e. The van der Waals surface area contributed by atoms with Crippen molar-refractivity contribution >= 4 is 12.1 Å². The summed E-state index contributed by atoms with van der Waals surface area (Å²) in [4.78, 5) is 16.6. The highest BCUT2D eigenvalue weighted by molar-refractivity contribution is 5.86. The topological polar surface area (TPSA) is 59.3 Å². The molecule has 0 bridgehead atoms. The number of rotatable bonds is 5. The first-order valence-corrected chi connectivity index (χ1v) is 7.25. The standard InChI is InChI=1S/C18H16N4O/c23-18(21-20-13-15-7-3-1-4-8-15)17(22-12-11-19-14-22)16-9-5-2-6-10-16/h1-14,17H,(H,21,23)/b20-13+. The predicted octanol–water partition coefficient (Wildman–Crippen LogP) is 2.62. The Kier molecular flexibility index (Phi) is 4.59. The van der Waals surface area contributed by atoms with Crippen molar-refractivity contribution in [2.45, 2.75) is 6.04 Å². The molecule has 0 aliphatic carbocycles. The zero-order valence-electron chi connectivity index (χ0n) is 12.4. The van der Waals surface area contributed by atoms with Crippen LogP contribution in [0.25, 0.3) is 0 Å². The van der Waals surface area contributed by atoms with E-state index < -0.39 is 6.04 Å². The molecule has 0 aliphatic rings. The van der Waals surface area contributed by atoms with Crippen LogP contribution in [-0.2, 0) is 4.79 Å². The molecule has 1 unspecified atom stereocenters. The van der Waals surface area contributed by atoms with E-state index in [1.54, 1.807) is 29.5 Å². The SMILES string of the molecule is O=C(N/N=C/c1ccccc1)C(c1ccccc1)n1ccnc1. The summed E-state index contributed by atoms with van der Waals surface area (Å²) in [6, 6.07) is 18.6. The van der Waals surface area contributed by atoms with Crippen LogP contribution < -0.4 is 5.43 Å². The van der Waals surface area contributed by atoms with Gasteiger partial charge in [0.25, 0.3) is 5.91 Å². The number of nitrogens with one attached hydrogen (secondary N) is 1. The van der Waals surface area contributed by atoms with Crippen LogP contribution >= 0.6 is 0 Å². The fraction of sp³-hybridized carbons (Fsp3) is 0.0556. The molecule has 0 saturated heterocycles. The van der Waals surface area contributed by atoms with Crippen LogP contribution in [0.4, 0.5) is 0 Å². The number of imidazole rings is 1. The van der Waals surface area contributed by atoms with Gasteiger partial charge in [0.1, 0.15) is 6.04 Å². The Bertz CT molecular complexity index is 767. The molecule has 0 fully saturated rings. The lowest BCUT2D eigenvalue weighted by Crippen LogP contribution is -2.29. The first kappa shape index (κ1) is 14.7. The molecule has 1 N–H and O–H groups in total. The first-order chi connectivity index (χ1) is 11.3. The summed E-state index contributed by atoms with van der Waals surface area (Å²) in [5, 5.41) is 4.04. The van der Waals surface area contributed by atoms with Crippen molar-refractivity contribution in [1.29, 1.82) is 0 Å². The average Bonchev–Trinajstić information content (AvgIpc) is 3.11. The monoisotopic (exact) mass is 304 g/mol. The minimum Gasteiger partial charge on any atom is -0.321 e. The molecular formula is C18H16N4O. The summed E-state index contributed by atoms with van der Waals surface area (Å²) in [6.45, 7) is 0. The molecule has 3 aromatic rings. The summed E-state index contributed by atoms with van der Waals surface area (Å²) >= 11 is 0. The number of carbonyl (C=O) groups is 1. The van der Waals surface area contributed by atoms with Crippen molar-refractivity contribution in [2.75, 3.05) is 0 Å². The number of hydrogen-bond acceptors (Lipinski definition) is 3. The van der Waals surface area contributed by atoms with Crippen LogP contribution in [-0.4, -0.2) is 21.7 Å². The lowest BCUT2D eigenvalue weighted by Gasteiger charge is -2.16. The van der Waals surface area contributed by atoms with E-state index in [2.05, 4.69) is 15.5 Å². The Morgan fingerprint density at radius 3 is 2.43 bits per heavy atom. The second kappa shape index (κ2) is 7.17. The van der Waals surface area contributed by atoms with Gasteiger partial charge in [-0.3, -0.25) is 4.79 Å². The largest absolute Gasteiger partial charge is 0.321 e. The molecule has 0 aliphatic heterocycles. The minimum absolute atomic E-state index is 0.221. The summed E-state index contributed by atoms with van der Waals surface area (Å²) in [5.74, 6) is -0.221. The molecule has 114 valence electrons. The average molecular weight is 304 g/mol. The maximum atomic E-state index is 12.6. The van der Waals surface area contributed by atoms with Crippen LogP contribution in [0.15, 0.2) is 84.5 Å². The number of aromatic nitrogens is 2. The van der Waals surface area contributed by atoms with Gasteiger partial charge in [-0.25, -0.2) is 10.4 Å². The van der Waals surface area contributed by atoms with E-state index in [1.807, 2.05) is 60.7 Å². The Balaban J connectivity index is 1.78. The predicted molar refractivity (Wildman–Crippen MR) is 89.0 cm³/mol. The molecule has 3 rings (SSSR count). The van der Waals surface area contributed by atoms with Gasteiger partial charge < -0.3 is 4.57 Å². The molecule has 1 amide bonds. The molecular weight excluding hydrogens is 288 g/mol. The Morgan fingerprint density at radius 1 is 1.09 bits per heavy atom. The van der Waals surface area contributed by atoms with Crippen LogP contribution in [0, 0.1) is 0 Å². The van der Waals surface area contributed by atoms with E-state index in [9.17, 15) is 4.79 Å². The molecule has 1 aromatic heterocycles. The molecule has 1 heterocycles. The van der Waals surface area contributed by atoms with Gasteiger partial charge in [0.05, 0.1) is 12.5 Å². The highest BCUT2D eigenvalue weighted by atomic mass is 16.2. The Hall–Kier alpha value is -3.21. The highest BCUT2D eigenvalue weighted by Crippen LogP contribution is 2.18. The number of hydrogen-bond donors (Lipinski definition) is 1. The fourth-order valence-electron chi connectivity index (χ4n) is 2.29. The van der Waals surface area contributed by atoms with E-state index in [0.717, 1.165) is 11.1 Å². The van der Waals surface area contributed by atoms with Gasteiger partial charge in [-0.2, -0.15) is 5.10 Å². The maximum Gasteiger partial charge on any atom is 0.267 e. The van der Waals surface area contributed by atoms with Gasteiger partial charge in [0.2, 0.25) is 0 Å². The van der Waals surface area contributed by atoms with Crippen molar-refractivity contribution in [3.63, 3.8) is 0 Å². The van der Waals surface area contributed by atoms with Crippen molar-refractivity contribution in [1.82, 2.24) is 15.0 Å². The number of carbonyl (C=O) groups excluding carboxylic acids is 1. The van der Waals surface area contributed by atoms with Crippen molar-refractivity contribution < 1.29 is 4.79 Å². The van der Waals surface area contributed by atoms with Gasteiger partial charge in [0.15, 0.2) is 0 Å². The van der Waals surface area contributed by atoms with E-state index >= 15 is 0 Å². The molecule has 23 heavy (non-hydrogen) atoms. The van der Waals surface area contributed by atoms with Gasteiger partial charge >= 0.3 is 0 Å². The van der Waals surface area contributed by atoms with Crippen LogP contribution in [0.5, 0.6) is 0 Å². The summed E-state index contributed by atoms with van der Waals surface area (Å²) < 4.78 is 1.75. The van der Waals surface area contributed by atoms with E-state index in [0.29, 0.717) is 0 Å². The second-order valence-corrected chi connectivity index (χ2v) is 4.97. The molecule has 0 spiro atoms. The fourth-order valence-corrected chi connectivity index (χ4v) is 2.29. The third-order valence-corrected chi connectivity index (χ3v) is 3.37. The third kappa shape index (κ3) is 3.71. The molecule has 0 radical (unpaired) electrons. The zero-order valence-corrected chi connectivity index (χ0v) is 12.4. The van der Waals surface area contributed by atoms with E-state index in [-0.39, 0.29) is 5.91 Å². The zero-order chi connectivity index (χ0) is 15.9. The lowest BCUT2D eigenvalue weighted by molar-refractivity contribution is -0.123. The minimum atomic E-state index is -0.508. The molecule has 5 nitrogen and oxygen atoms in total. The van der Waals surface area contributed by atoms with Gasteiger partial charge in [-0.05, 0) is 11.1 Å². The summed E-state index contributed by atoms with van der Waals surface area (Å²) in [6.07, 6.45) is 6.65. The van der Waals surface area contributed by atoms with Gasteiger partial charge in [-0.1, -0.05) is 60.7 Å². The maximum absolute atomic E-state index is 12.6. The quantitative estimate of drug-likeness (QED) is 0.582. The molecule has 5 heteroatoms. The number of nitrogens with zero attached hydrogens (tertiary/aromatic N) is 3. The summed E-state index contributed by atoms with van der Waals surface area (Å²) in [5.41, 5.74) is 4.40. The van der Waals surface area contributed by atoms with Gasteiger partial charge in [-0.15, -0.1) is 0 Å². The van der Waals surface area contributed by atoms with E-state index in [1.165, 1.54) is 0 Å². The molecule has 0 saturated carbocycles. The van der Waals surface area contributed by atoms with Gasteiger partial charge in [0, 0.05) is 12.4 Å². The van der Waals surface area contributed by atoms with E-state index in [4.69, 9.17) is 0 Å². The number of benzene rings is 2. The molecule has 2 aromatic carbocycles. The summed E-state index contributed by atoms with van der Waals surface area (Å²) in [7, 11) is 0. The molecule has 1 atom stereocenters. The van der Waals surface area contributed by atoms with Crippen LogP contribution in [0.2, 0.25) is 0 Å². The van der Waals surface area contributed by atoms with Crippen LogP contribution in [0.1, 0.15) is 17.2 Å². The Morgan fingerprint density at radius 2 is 1.78 bits per heavy atom. The van der Waals surface area contributed by atoms with Crippen LogP contribution in [0.3, 0.4) is 0 Å². The van der Waals surface area contributed by atoms with Crippen molar-refractivity contribution in [3.8, 4) is 0 Å².